The lowest BCUT2D eigenvalue weighted by Gasteiger charge is -2.38. The van der Waals surface area contributed by atoms with E-state index in [4.69, 9.17) is 32.4 Å². The Hall–Kier alpha value is -2.32. The van der Waals surface area contributed by atoms with Gasteiger partial charge in [-0.15, -0.1) is 11.6 Å². The van der Waals surface area contributed by atoms with E-state index in [1.807, 2.05) is 24.3 Å². The standard InChI is InChI=1S/C22H22Cl2FN3O3/c23-17-7-6-16(13-18(17)25)30-11-3-8-27-9-10-28(14-21(27)24)26-22(29)20-12-15-4-1-2-5-19(15)31-20/h1-2,4-7,12-13,21H,3,8-11,14H2,(H,26,29). The smallest absolute Gasteiger partial charge is 0.301 e. The summed E-state index contributed by atoms with van der Waals surface area (Å²) in [6.07, 6.45) is 0.735. The van der Waals surface area contributed by atoms with Gasteiger partial charge in [-0.1, -0.05) is 29.8 Å². The third kappa shape index (κ3) is 5.49. The number of furan rings is 1. The number of ether oxygens (including phenoxy) is 1. The van der Waals surface area contributed by atoms with Gasteiger partial charge in [0, 0.05) is 37.6 Å². The van der Waals surface area contributed by atoms with Crippen molar-refractivity contribution in [3.8, 4) is 5.75 Å². The summed E-state index contributed by atoms with van der Waals surface area (Å²) >= 11 is 12.2. The molecule has 1 atom stereocenters. The molecule has 1 aromatic heterocycles. The molecule has 1 aliphatic rings. The number of amides is 1. The highest BCUT2D eigenvalue weighted by Gasteiger charge is 2.26. The minimum absolute atomic E-state index is 0.0719. The van der Waals surface area contributed by atoms with Crippen LogP contribution in [0.25, 0.3) is 11.0 Å². The number of hydrogen-bond donors (Lipinski definition) is 1. The first-order chi connectivity index (χ1) is 15.0. The van der Waals surface area contributed by atoms with Crippen molar-refractivity contribution in [1.29, 1.82) is 0 Å². The Morgan fingerprint density at radius 1 is 1.23 bits per heavy atom. The summed E-state index contributed by atoms with van der Waals surface area (Å²) in [7, 11) is 0. The van der Waals surface area contributed by atoms with Gasteiger partial charge < -0.3 is 9.15 Å². The van der Waals surface area contributed by atoms with Gasteiger partial charge in [-0.25, -0.2) is 9.40 Å². The Morgan fingerprint density at radius 2 is 2.06 bits per heavy atom. The van der Waals surface area contributed by atoms with Crippen LogP contribution in [0.1, 0.15) is 17.0 Å². The fourth-order valence-electron chi connectivity index (χ4n) is 3.45. The summed E-state index contributed by atoms with van der Waals surface area (Å²) < 4.78 is 24.6. The van der Waals surface area contributed by atoms with Crippen molar-refractivity contribution in [1.82, 2.24) is 15.3 Å². The van der Waals surface area contributed by atoms with E-state index >= 15 is 0 Å². The molecule has 0 spiro atoms. The molecule has 1 unspecified atom stereocenters. The van der Waals surface area contributed by atoms with Gasteiger partial charge in [0.05, 0.1) is 17.1 Å². The van der Waals surface area contributed by atoms with E-state index in [9.17, 15) is 9.18 Å². The Labute approximate surface area is 189 Å². The first-order valence-corrected chi connectivity index (χ1v) is 10.8. The van der Waals surface area contributed by atoms with Crippen LogP contribution in [0.2, 0.25) is 5.02 Å². The molecular formula is C22H22Cl2FN3O3. The van der Waals surface area contributed by atoms with Crippen molar-refractivity contribution in [2.24, 2.45) is 0 Å². The van der Waals surface area contributed by atoms with Gasteiger partial charge in [0.25, 0.3) is 0 Å². The molecule has 1 aliphatic heterocycles. The van der Waals surface area contributed by atoms with E-state index in [0.29, 0.717) is 37.6 Å². The fourth-order valence-corrected chi connectivity index (χ4v) is 3.93. The number of carbonyl (C=O) groups excluding carboxylic acids is 1. The van der Waals surface area contributed by atoms with Crippen LogP contribution in [0, 0.1) is 5.82 Å². The third-order valence-corrected chi connectivity index (χ3v) is 5.80. The summed E-state index contributed by atoms with van der Waals surface area (Å²) in [6, 6.07) is 13.6. The van der Waals surface area contributed by atoms with Crippen molar-refractivity contribution in [2.45, 2.75) is 11.9 Å². The Kier molecular flexibility index (Phi) is 6.97. The molecule has 0 bridgehead atoms. The zero-order valence-electron chi connectivity index (χ0n) is 16.7. The summed E-state index contributed by atoms with van der Waals surface area (Å²) in [5.74, 6) is -0.0779. The van der Waals surface area contributed by atoms with Crippen LogP contribution in [-0.2, 0) is 0 Å². The monoisotopic (exact) mass is 465 g/mol. The highest BCUT2D eigenvalue weighted by atomic mass is 35.5. The van der Waals surface area contributed by atoms with Crippen molar-refractivity contribution in [2.75, 3.05) is 32.8 Å². The number of rotatable bonds is 7. The number of carbonyl (C=O) groups is 1. The normalized spacial score (nSPS) is 17.7. The lowest BCUT2D eigenvalue weighted by atomic mass is 10.2. The predicted molar refractivity (Wildman–Crippen MR) is 118 cm³/mol. The molecule has 1 N–H and O–H groups in total. The number of piperazine rings is 1. The largest absolute Gasteiger partial charge is 0.493 e. The number of halogens is 3. The number of benzene rings is 2. The topological polar surface area (TPSA) is 58.0 Å². The van der Waals surface area contributed by atoms with Crippen LogP contribution in [0.5, 0.6) is 5.75 Å². The van der Waals surface area contributed by atoms with E-state index in [0.717, 1.165) is 18.4 Å². The lowest BCUT2D eigenvalue weighted by molar-refractivity contribution is 0.0521. The van der Waals surface area contributed by atoms with E-state index in [1.165, 1.54) is 12.1 Å². The number of hydrogen-bond acceptors (Lipinski definition) is 5. The van der Waals surface area contributed by atoms with Crippen molar-refractivity contribution < 1.29 is 18.3 Å². The van der Waals surface area contributed by atoms with Crippen molar-refractivity contribution in [3.63, 3.8) is 0 Å². The van der Waals surface area contributed by atoms with Crippen LogP contribution in [-0.4, -0.2) is 54.1 Å². The molecule has 1 fully saturated rings. The second kappa shape index (κ2) is 9.87. The van der Waals surface area contributed by atoms with Gasteiger partial charge in [-0.05, 0) is 30.7 Å². The molecule has 9 heteroatoms. The van der Waals surface area contributed by atoms with Crippen molar-refractivity contribution >= 4 is 40.1 Å². The summed E-state index contributed by atoms with van der Waals surface area (Å²) in [5.41, 5.74) is 3.29. The van der Waals surface area contributed by atoms with Crippen LogP contribution in [0.3, 0.4) is 0 Å². The zero-order valence-corrected chi connectivity index (χ0v) is 18.2. The molecule has 2 aromatic carbocycles. The average molecular weight is 466 g/mol. The SMILES string of the molecule is O=C(NN1CCN(CCCOc2ccc(Cl)c(F)c2)C(Cl)C1)c1cc2ccccc2o1. The van der Waals surface area contributed by atoms with Gasteiger partial charge >= 0.3 is 5.91 Å². The Balaban J connectivity index is 1.21. The summed E-state index contributed by atoms with van der Waals surface area (Å²) in [5, 5.41) is 2.76. The van der Waals surface area contributed by atoms with E-state index in [1.54, 1.807) is 17.1 Å². The highest BCUT2D eigenvalue weighted by molar-refractivity contribution is 6.30. The second-order valence-corrected chi connectivity index (χ2v) is 8.19. The number of nitrogens with zero attached hydrogens (tertiary/aromatic N) is 2. The summed E-state index contributed by atoms with van der Waals surface area (Å²) in [4.78, 5) is 14.6. The first kappa shape index (κ1) is 21.9. The Morgan fingerprint density at radius 3 is 2.84 bits per heavy atom. The number of nitrogens with one attached hydrogen (secondary N) is 1. The molecule has 0 aliphatic carbocycles. The molecule has 164 valence electrons. The molecule has 0 saturated carbocycles. The minimum atomic E-state index is -0.499. The van der Waals surface area contributed by atoms with Gasteiger partial charge in [0.1, 0.15) is 17.1 Å². The minimum Gasteiger partial charge on any atom is -0.493 e. The molecule has 6 nitrogen and oxygen atoms in total. The first-order valence-electron chi connectivity index (χ1n) is 10.00. The molecular weight excluding hydrogens is 444 g/mol. The van der Waals surface area contributed by atoms with E-state index in [2.05, 4.69) is 10.3 Å². The molecule has 1 amide bonds. The molecule has 2 heterocycles. The van der Waals surface area contributed by atoms with E-state index in [-0.39, 0.29) is 22.2 Å². The highest BCUT2D eigenvalue weighted by Crippen LogP contribution is 2.21. The summed E-state index contributed by atoms with van der Waals surface area (Å²) in [6.45, 7) is 2.99. The maximum absolute atomic E-state index is 13.4. The second-order valence-electron chi connectivity index (χ2n) is 7.28. The van der Waals surface area contributed by atoms with E-state index < -0.39 is 5.82 Å². The average Bonchev–Trinajstić information content (AvgIpc) is 3.19. The number of alkyl halides is 1. The molecule has 1 saturated heterocycles. The number of para-hydroxylation sites is 1. The molecule has 0 radical (unpaired) electrons. The van der Waals surface area contributed by atoms with Gasteiger partial charge in [0.15, 0.2) is 5.76 Å². The maximum atomic E-state index is 13.4. The van der Waals surface area contributed by atoms with Gasteiger partial charge in [0.2, 0.25) is 0 Å². The van der Waals surface area contributed by atoms with Crippen LogP contribution < -0.4 is 10.2 Å². The van der Waals surface area contributed by atoms with Gasteiger partial charge in [-0.3, -0.25) is 15.1 Å². The molecule has 31 heavy (non-hydrogen) atoms. The molecule has 4 rings (SSSR count). The molecule has 3 aromatic rings. The lowest BCUT2D eigenvalue weighted by Crippen LogP contribution is -2.56. The van der Waals surface area contributed by atoms with Crippen molar-refractivity contribution in [3.05, 3.63) is 65.1 Å². The Bertz CT molecular complexity index is 1030. The fraction of sp³-hybridized carbons (Fsp3) is 0.318. The maximum Gasteiger partial charge on any atom is 0.301 e. The zero-order chi connectivity index (χ0) is 21.8. The van der Waals surface area contributed by atoms with Crippen LogP contribution in [0.15, 0.2) is 52.9 Å². The number of fused-ring (bicyclic) bond motifs is 1. The third-order valence-electron chi connectivity index (χ3n) is 5.08. The van der Waals surface area contributed by atoms with Gasteiger partial charge in [-0.2, -0.15) is 0 Å². The van der Waals surface area contributed by atoms with Crippen LogP contribution in [0.4, 0.5) is 4.39 Å². The predicted octanol–water partition coefficient (Wildman–Crippen LogP) is 4.52. The van der Waals surface area contributed by atoms with Crippen LogP contribution >= 0.6 is 23.2 Å². The quantitative estimate of drug-likeness (QED) is 0.315. The number of hydrazine groups is 1.